The molecule has 3 N–H and O–H groups in total. The van der Waals surface area contributed by atoms with Gasteiger partial charge in [-0.05, 0) is 18.6 Å². The Kier molecular flexibility index (Phi) is 4.97. The van der Waals surface area contributed by atoms with Crippen LogP contribution in [0, 0.1) is 12.3 Å². The average Bonchev–Trinajstić information content (AvgIpc) is 2.36. The Labute approximate surface area is 114 Å². The zero-order valence-corrected chi connectivity index (χ0v) is 10.8. The summed E-state index contributed by atoms with van der Waals surface area (Å²) in [5.74, 6) is 1.35. The highest BCUT2D eigenvalue weighted by atomic mass is 19.4. The molecular weight excluding hydrogens is 271 g/mol. The summed E-state index contributed by atoms with van der Waals surface area (Å²) in [5.41, 5.74) is 3.92. The molecular formula is C13H14F3N3O. The minimum Gasteiger partial charge on any atom is -0.366 e. The van der Waals surface area contributed by atoms with Crippen LogP contribution in [0.2, 0.25) is 0 Å². The third-order valence-electron chi connectivity index (χ3n) is 2.65. The SMILES string of the molecule is C#CCC(CC)Nc1nc(C(F)(F)F)ccc1C(N)=O. The van der Waals surface area contributed by atoms with Crippen molar-refractivity contribution < 1.29 is 18.0 Å². The second kappa shape index (κ2) is 6.28. The Bertz CT molecular complexity index is 535. The lowest BCUT2D eigenvalue weighted by Gasteiger charge is -2.18. The Hall–Kier alpha value is -2.23. The van der Waals surface area contributed by atoms with Gasteiger partial charge in [-0.25, -0.2) is 4.98 Å². The van der Waals surface area contributed by atoms with Crippen molar-refractivity contribution in [3.05, 3.63) is 23.4 Å². The molecule has 1 aromatic heterocycles. The van der Waals surface area contributed by atoms with E-state index in [0.29, 0.717) is 18.9 Å². The molecule has 0 aromatic carbocycles. The predicted molar refractivity (Wildman–Crippen MR) is 68.9 cm³/mol. The predicted octanol–water partition coefficient (Wildman–Crippen LogP) is 2.41. The number of alkyl halides is 3. The highest BCUT2D eigenvalue weighted by Gasteiger charge is 2.33. The van der Waals surface area contributed by atoms with Gasteiger partial charge in [-0.1, -0.05) is 6.92 Å². The van der Waals surface area contributed by atoms with Gasteiger partial charge in [0, 0.05) is 12.5 Å². The topological polar surface area (TPSA) is 68.0 Å². The number of hydrogen-bond donors (Lipinski definition) is 2. The van der Waals surface area contributed by atoms with Crippen molar-refractivity contribution in [3.8, 4) is 12.3 Å². The van der Waals surface area contributed by atoms with Crippen LogP contribution >= 0.6 is 0 Å². The van der Waals surface area contributed by atoms with Gasteiger partial charge in [0.1, 0.15) is 11.5 Å². The van der Waals surface area contributed by atoms with Crippen LogP contribution in [0.1, 0.15) is 35.8 Å². The van der Waals surface area contributed by atoms with Gasteiger partial charge in [0.15, 0.2) is 0 Å². The molecule has 0 aliphatic heterocycles. The number of hydrogen-bond acceptors (Lipinski definition) is 3. The van der Waals surface area contributed by atoms with Crippen molar-refractivity contribution in [2.75, 3.05) is 5.32 Å². The summed E-state index contributed by atoms with van der Waals surface area (Å²) in [6.45, 7) is 1.81. The quantitative estimate of drug-likeness (QED) is 0.816. The number of carbonyl (C=O) groups is 1. The minimum atomic E-state index is -4.60. The van der Waals surface area contributed by atoms with Gasteiger partial charge in [-0.15, -0.1) is 12.3 Å². The first-order valence-electron chi connectivity index (χ1n) is 5.87. The zero-order valence-electron chi connectivity index (χ0n) is 10.8. The van der Waals surface area contributed by atoms with E-state index in [-0.39, 0.29) is 17.4 Å². The molecule has 108 valence electrons. The first-order chi connectivity index (χ1) is 9.29. The van der Waals surface area contributed by atoms with Gasteiger partial charge < -0.3 is 11.1 Å². The largest absolute Gasteiger partial charge is 0.433 e. The van der Waals surface area contributed by atoms with Crippen molar-refractivity contribution in [1.82, 2.24) is 4.98 Å². The molecule has 0 saturated heterocycles. The van der Waals surface area contributed by atoms with Crippen LogP contribution in [-0.4, -0.2) is 16.9 Å². The van der Waals surface area contributed by atoms with Gasteiger partial charge in [-0.3, -0.25) is 4.79 Å². The summed E-state index contributed by atoms with van der Waals surface area (Å²) in [4.78, 5) is 14.7. The molecule has 0 saturated carbocycles. The number of nitrogens with two attached hydrogens (primary N) is 1. The van der Waals surface area contributed by atoms with E-state index in [9.17, 15) is 18.0 Å². The number of halogens is 3. The van der Waals surface area contributed by atoms with E-state index in [2.05, 4.69) is 16.2 Å². The fourth-order valence-electron chi connectivity index (χ4n) is 1.56. The van der Waals surface area contributed by atoms with Crippen molar-refractivity contribution >= 4 is 11.7 Å². The maximum Gasteiger partial charge on any atom is 0.433 e. The summed E-state index contributed by atoms with van der Waals surface area (Å²) in [6, 6.07) is 1.44. The molecule has 20 heavy (non-hydrogen) atoms. The van der Waals surface area contributed by atoms with Gasteiger partial charge >= 0.3 is 6.18 Å². The number of primary amides is 1. The van der Waals surface area contributed by atoms with Crippen LogP contribution in [0.25, 0.3) is 0 Å². The van der Waals surface area contributed by atoms with E-state index in [1.165, 1.54) is 0 Å². The molecule has 4 nitrogen and oxygen atoms in total. The molecule has 0 aliphatic rings. The summed E-state index contributed by atoms with van der Waals surface area (Å²) in [6.07, 6.45) is 1.44. The van der Waals surface area contributed by atoms with Crippen molar-refractivity contribution in [3.63, 3.8) is 0 Å². The summed E-state index contributed by atoms with van der Waals surface area (Å²) < 4.78 is 37.9. The summed E-state index contributed by atoms with van der Waals surface area (Å²) in [5, 5.41) is 2.74. The van der Waals surface area contributed by atoms with Crippen LogP contribution in [-0.2, 0) is 6.18 Å². The lowest BCUT2D eigenvalue weighted by Crippen LogP contribution is -2.24. The van der Waals surface area contributed by atoms with Crippen molar-refractivity contribution in [2.45, 2.75) is 32.0 Å². The Morgan fingerprint density at radius 2 is 2.20 bits per heavy atom. The number of anilines is 1. The third-order valence-corrected chi connectivity index (χ3v) is 2.65. The van der Waals surface area contributed by atoms with Crippen LogP contribution in [0.5, 0.6) is 0 Å². The van der Waals surface area contributed by atoms with Crippen LogP contribution < -0.4 is 11.1 Å². The number of carbonyl (C=O) groups excluding carboxylic acids is 1. The molecule has 0 aliphatic carbocycles. The smallest absolute Gasteiger partial charge is 0.366 e. The average molecular weight is 285 g/mol. The molecule has 1 amide bonds. The molecule has 1 heterocycles. The Morgan fingerprint density at radius 3 is 2.65 bits per heavy atom. The number of terminal acetylenes is 1. The highest BCUT2D eigenvalue weighted by molar-refractivity contribution is 5.97. The minimum absolute atomic E-state index is 0.103. The van der Waals surface area contributed by atoms with Gasteiger partial charge in [0.05, 0.1) is 5.56 Å². The molecule has 1 atom stereocenters. The molecule has 1 aromatic rings. The number of rotatable bonds is 5. The van der Waals surface area contributed by atoms with Crippen molar-refractivity contribution in [2.24, 2.45) is 5.73 Å². The Morgan fingerprint density at radius 1 is 1.55 bits per heavy atom. The lowest BCUT2D eigenvalue weighted by molar-refractivity contribution is -0.141. The second-order valence-electron chi connectivity index (χ2n) is 4.11. The van der Waals surface area contributed by atoms with Crippen molar-refractivity contribution in [1.29, 1.82) is 0 Å². The van der Waals surface area contributed by atoms with Gasteiger partial charge in [0.25, 0.3) is 5.91 Å². The molecule has 0 radical (unpaired) electrons. The lowest BCUT2D eigenvalue weighted by atomic mass is 10.1. The Balaban J connectivity index is 3.19. The number of pyridine rings is 1. The fraction of sp³-hybridized carbons (Fsp3) is 0.385. The molecule has 0 fully saturated rings. The van der Waals surface area contributed by atoms with E-state index in [1.807, 2.05) is 6.92 Å². The zero-order chi connectivity index (χ0) is 15.3. The number of aromatic nitrogens is 1. The first-order valence-corrected chi connectivity index (χ1v) is 5.87. The molecule has 1 unspecified atom stereocenters. The fourth-order valence-corrected chi connectivity index (χ4v) is 1.56. The van der Waals surface area contributed by atoms with Gasteiger partial charge in [-0.2, -0.15) is 13.2 Å². The molecule has 0 spiro atoms. The van der Waals surface area contributed by atoms with E-state index < -0.39 is 17.8 Å². The first kappa shape index (κ1) is 15.8. The van der Waals surface area contributed by atoms with E-state index >= 15 is 0 Å². The van der Waals surface area contributed by atoms with E-state index in [1.54, 1.807) is 0 Å². The second-order valence-corrected chi connectivity index (χ2v) is 4.11. The summed E-state index contributed by atoms with van der Waals surface area (Å²) >= 11 is 0. The monoisotopic (exact) mass is 285 g/mol. The number of nitrogens with zero attached hydrogens (tertiary/aromatic N) is 1. The highest BCUT2D eigenvalue weighted by Crippen LogP contribution is 2.29. The maximum atomic E-state index is 12.6. The third kappa shape index (κ3) is 3.88. The van der Waals surface area contributed by atoms with Gasteiger partial charge in [0.2, 0.25) is 0 Å². The van der Waals surface area contributed by atoms with E-state index in [0.717, 1.165) is 6.07 Å². The summed E-state index contributed by atoms with van der Waals surface area (Å²) in [7, 11) is 0. The standard InChI is InChI=1S/C13H14F3N3O/c1-3-5-8(4-2)18-12-9(11(17)20)6-7-10(19-12)13(14,15)16/h1,6-8H,4-5H2,2H3,(H2,17,20)(H,18,19). The maximum absolute atomic E-state index is 12.6. The van der Waals surface area contributed by atoms with Crippen LogP contribution in [0.4, 0.5) is 19.0 Å². The number of amides is 1. The van der Waals surface area contributed by atoms with Crippen LogP contribution in [0.3, 0.4) is 0 Å². The van der Waals surface area contributed by atoms with Crippen LogP contribution in [0.15, 0.2) is 12.1 Å². The number of nitrogens with one attached hydrogen (secondary N) is 1. The molecule has 0 bridgehead atoms. The van der Waals surface area contributed by atoms with E-state index in [4.69, 9.17) is 12.2 Å². The normalized spacial score (nSPS) is 12.6. The molecule has 1 rings (SSSR count). The molecule has 7 heteroatoms.